The number of benzene rings is 2. The number of allylic oxidation sites excluding steroid dienone is 1. The highest BCUT2D eigenvalue weighted by atomic mass is 19.1. The van der Waals surface area contributed by atoms with E-state index >= 15 is 0 Å². The molecule has 0 fully saturated rings. The highest BCUT2D eigenvalue weighted by Gasteiger charge is 2.29. The summed E-state index contributed by atoms with van der Waals surface area (Å²) >= 11 is 0. The fourth-order valence-corrected chi connectivity index (χ4v) is 4.83. The number of fused-ring (bicyclic) bond motifs is 3. The first kappa shape index (κ1) is 25.7. The molecule has 0 saturated carbocycles. The summed E-state index contributed by atoms with van der Waals surface area (Å²) in [4.78, 5) is 25.4. The molecule has 4 heterocycles. The van der Waals surface area contributed by atoms with Gasteiger partial charge in [0.25, 0.3) is 0 Å². The number of para-hydroxylation sites is 1. The number of aromatic nitrogens is 5. The van der Waals surface area contributed by atoms with Gasteiger partial charge in [-0.3, -0.25) is 4.79 Å². The molecule has 6 rings (SSSR count). The number of nitrogens with zero attached hydrogens (tertiary/aromatic N) is 5. The Morgan fingerprint density at radius 3 is 2.79 bits per heavy atom. The number of hydrogen-bond acceptors (Lipinski definition) is 6. The zero-order chi connectivity index (χ0) is 27.5. The average Bonchev–Trinajstić information content (AvgIpc) is 3.53. The molecule has 5 aromatic rings. The van der Waals surface area contributed by atoms with Crippen LogP contribution in [0.1, 0.15) is 18.5 Å². The molecule has 2 aromatic carbocycles. The van der Waals surface area contributed by atoms with Gasteiger partial charge in [0.1, 0.15) is 24.4 Å². The second-order valence-corrected chi connectivity index (χ2v) is 9.06. The maximum Gasteiger partial charge on any atom is 0.214 e. The van der Waals surface area contributed by atoms with Gasteiger partial charge in [0, 0.05) is 29.2 Å². The maximum absolute atomic E-state index is 14.5. The predicted molar refractivity (Wildman–Crippen MR) is 151 cm³/mol. The highest BCUT2D eigenvalue weighted by Crippen LogP contribution is 2.37. The van der Waals surface area contributed by atoms with Crippen LogP contribution >= 0.6 is 0 Å². The number of H-pyrrole nitrogens is 1. The fraction of sp³-hybridized carbons (Fsp3) is 0.172. The van der Waals surface area contributed by atoms with Crippen LogP contribution in [0.2, 0.25) is 0 Å². The van der Waals surface area contributed by atoms with Crippen molar-refractivity contribution >= 4 is 39.9 Å². The molecule has 10 heteroatoms. The first-order chi connectivity index (χ1) is 19.0. The summed E-state index contributed by atoms with van der Waals surface area (Å²) in [6.45, 7) is 9.48. The lowest BCUT2D eigenvalue weighted by molar-refractivity contribution is -0.107. The average molecular weight is 526 g/mol. The molecule has 1 atom stereocenters. The first-order valence-electron chi connectivity index (χ1n) is 12.4. The number of nitrogen functional groups attached to an aromatic ring is 1. The number of nitrogens with two attached hydrogens (primary N) is 1. The van der Waals surface area contributed by atoms with E-state index in [0.717, 1.165) is 23.0 Å². The second-order valence-electron chi connectivity index (χ2n) is 9.06. The van der Waals surface area contributed by atoms with Gasteiger partial charge in [0.2, 0.25) is 6.41 Å². The molecule has 1 aliphatic rings. The van der Waals surface area contributed by atoms with Crippen LogP contribution in [0.15, 0.2) is 74.1 Å². The van der Waals surface area contributed by atoms with Crippen LogP contribution in [-0.2, 0) is 11.2 Å². The van der Waals surface area contributed by atoms with Gasteiger partial charge in [-0.05, 0) is 37.1 Å². The van der Waals surface area contributed by atoms with Crippen molar-refractivity contribution < 1.29 is 13.9 Å². The van der Waals surface area contributed by atoms with E-state index in [1.165, 1.54) is 12.4 Å². The van der Waals surface area contributed by atoms with Gasteiger partial charge in [-0.1, -0.05) is 36.9 Å². The Bertz CT molecular complexity index is 1690. The molecule has 39 heavy (non-hydrogen) atoms. The molecule has 0 spiro atoms. The third-order valence-electron chi connectivity index (χ3n) is 6.44. The summed E-state index contributed by atoms with van der Waals surface area (Å²) in [5.41, 5.74) is 10.6. The van der Waals surface area contributed by atoms with Crippen molar-refractivity contribution in [1.29, 1.82) is 0 Å². The number of halogens is 1. The molecule has 1 aliphatic heterocycles. The van der Waals surface area contributed by atoms with Crippen molar-refractivity contribution in [2.45, 2.75) is 19.4 Å². The van der Waals surface area contributed by atoms with E-state index in [1.807, 2.05) is 37.3 Å². The van der Waals surface area contributed by atoms with E-state index in [9.17, 15) is 9.18 Å². The second kappa shape index (κ2) is 10.8. The van der Waals surface area contributed by atoms with Crippen molar-refractivity contribution in [2.24, 2.45) is 0 Å². The van der Waals surface area contributed by atoms with Crippen LogP contribution < -0.4 is 15.4 Å². The molecule has 9 nitrogen and oxygen atoms in total. The van der Waals surface area contributed by atoms with Crippen LogP contribution in [0.3, 0.4) is 0 Å². The van der Waals surface area contributed by atoms with Crippen molar-refractivity contribution in [1.82, 2.24) is 24.7 Å². The normalized spacial score (nSPS) is 14.4. The number of carbonyl (C=O) groups excluding carboxylic acids is 1. The summed E-state index contributed by atoms with van der Waals surface area (Å²) < 4.78 is 21.8. The molecule has 0 radical (unpaired) electrons. The fourth-order valence-electron chi connectivity index (χ4n) is 4.83. The minimum atomic E-state index is -0.481. The van der Waals surface area contributed by atoms with Gasteiger partial charge in [0.15, 0.2) is 17.2 Å². The van der Waals surface area contributed by atoms with Gasteiger partial charge in [-0.15, -0.1) is 6.58 Å². The third-order valence-corrected chi connectivity index (χ3v) is 6.44. The summed E-state index contributed by atoms with van der Waals surface area (Å²) in [5.74, 6) is -0.0589. The van der Waals surface area contributed by atoms with E-state index < -0.39 is 5.82 Å². The number of amides is 1. The Labute approximate surface area is 224 Å². The molecule has 3 N–H and O–H groups in total. The lowest BCUT2D eigenvalue weighted by atomic mass is 9.98. The topological polar surface area (TPSA) is 115 Å². The predicted octanol–water partition coefficient (Wildman–Crippen LogP) is 5.21. The third kappa shape index (κ3) is 4.72. The number of rotatable bonds is 6. The molecule has 0 bridgehead atoms. The molecular formula is C29H28FN7O2. The SMILES string of the molecule is C=CC.C=CCOc1cc2cc(-c3nn(C4Cc5ccccc5N(C=O)C4)c4ncnc(N)c34)[nH]c2cc1F. The first-order valence-corrected chi connectivity index (χ1v) is 12.4. The number of anilines is 2. The summed E-state index contributed by atoms with van der Waals surface area (Å²) in [7, 11) is 0. The Kier molecular flexibility index (Phi) is 7.09. The number of hydrogen-bond donors (Lipinski definition) is 2. The molecule has 198 valence electrons. The summed E-state index contributed by atoms with van der Waals surface area (Å²) in [6, 6.07) is 12.5. The number of nitrogens with one attached hydrogen (secondary N) is 1. The van der Waals surface area contributed by atoms with E-state index in [-0.39, 0.29) is 24.2 Å². The summed E-state index contributed by atoms with van der Waals surface area (Å²) in [6.07, 6.45) is 6.21. The zero-order valence-electron chi connectivity index (χ0n) is 21.5. The van der Waals surface area contributed by atoms with Crippen molar-refractivity contribution in [2.75, 3.05) is 23.8 Å². The van der Waals surface area contributed by atoms with Gasteiger partial charge < -0.3 is 20.4 Å². The Hall–Kier alpha value is -4.99. The lowest BCUT2D eigenvalue weighted by Gasteiger charge is -2.32. The van der Waals surface area contributed by atoms with Crippen LogP contribution in [-0.4, -0.2) is 44.3 Å². The Morgan fingerprint density at radius 2 is 2.03 bits per heavy atom. The number of carbonyl (C=O) groups is 1. The Balaban J connectivity index is 0.000000983. The van der Waals surface area contributed by atoms with E-state index in [2.05, 4.69) is 28.1 Å². The molecule has 1 unspecified atom stereocenters. The van der Waals surface area contributed by atoms with E-state index in [0.29, 0.717) is 40.9 Å². The number of aromatic amines is 1. The minimum Gasteiger partial charge on any atom is -0.486 e. The maximum atomic E-state index is 14.5. The highest BCUT2D eigenvalue weighted by molar-refractivity contribution is 6.00. The van der Waals surface area contributed by atoms with Gasteiger partial charge >= 0.3 is 0 Å². The molecule has 0 saturated heterocycles. The standard InChI is InChI=1S/C26H22FN7O2.C3H6/c1-2-7-36-22-10-16-9-20(31-19(16)11-18(22)27)24-23-25(28)29-13-30-26(23)34(32-24)17-8-15-5-3-4-6-21(15)33(12-17)14-35;1-3-2/h2-6,9-11,13-14,17,31H,1,7-8,12H2,(H2,28,29,30);3H,1H2,2H3. The van der Waals surface area contributed by atoms with Crippen LogP contribution in [0, 0.1) is 5.82 Å². The minimum absolute atomic E-state index is 0.140. The molecular weight excluding hydrogens is 497 g/mol. The monoisotopic (exact) mass is 525 g/mol. The lowest BCUT2D eigenvalue weighted by Crippen LogP contribution is -2.36. The zero-order valence-corrected chi connectivity index (χ0v) is 21.5. The quantitative estimate of drug-likeness (QED) is 0.232. The van der Waals surface area contributed by atoms with Crippen molar-refractivity contribution in [3.8, 4) is 17.1 Å². The van der Waals surface area contributed by atoms with Gasteiger partial charge in [-0.2, -0.15) is 5.10 Å². The van der Waals surface area contributed by atoms with Crippen LogP contribution in [0.5, 0.6) is 5.75 Å². The molecule has 1 amide bonds. The van der Waals surface area contributed by atoms with Crippen molar-refractivity contribution in [3.05, 3.63) is 85.5 Å². The van der Waals surface area contributed by atoms with Gasteiger partial charge in [-0.25, -0.2) is 19.0 Å². The van der Waals surface area contributed by atoms with Crippen LogP contribution in [0.25, 0.3) is 33.3 Å². The van der Waals surface area contributed by atoms with E-state index in [4.69, 9.17) is 15.6 Å². The van der Waals surface area contributed by atoms with Crippen molar-refractivity contribution in [3.63, 3.8) is 0 Å². The Morgan fingerprint density at radius 1 is 1.23 bits per heavy atom. The summed E-state index contributed by atoms with van der Waals surface area (Å²) in [5, 5.41) is 6.24. The molecule has 3 aromatic heterocycles. The van der Waals surface area contributed by atoms with Crippen LogP contribution in [0.4, 0.5) is 15.9 Å². The van der Waals surface area contributed by atoms with Gasteiger partial charge in [0.05, 0.1) is 17.1 Å². The smallest absolute Gasteiger partial charge is 0.214 e. The molecule has 0 aliphatic carbocycles. The largest absolute Gasteiger partial charge is 0.486 e. The van der Waals surface area contributed by atoms with E-state index in [1.54, 1.807) is 27.8 Å². The number of ether oxygens (including phenoxy) is 1.